The maximum absolute atomic E-state index is 4.24. The van der Waals surface area contributed by atoms with Crippen molar-refractivity contribution >= 4 is 0 Å². The van der Waals surface area contributed by atoms with Crippen molar-refractivity contribution in [1.82, 2.24) is 5.32 Å². The summed E-state index contributed by atoms with van der Waals surface area (Å²) in [6.07, 6.45) is 8.24. The fourth-order valence-corrected chi connectivity index (χ4v) is 0.844. The van der Waals surface area contributed by atoms with Crippen LogP contribution in [-0.4, -0.2) is 13.1 Å². The van der Waals surface area contributed by atoms with Crippen LogP contribution in [0.25, 0.3) is 0 Å². The topological polar surface area (TPSA) is 14.1 Å². The molecule has 0 spiro atoms. The molecule has 1 aliphatic rings. The lowest BCUT2D eigenvalue weighted by atomic mass is 10.2. The molecule has 1 rings (SSSR count). The second-order valence-electron chi connectivity index (χ2n) is 2.10. The molecule has 0 saturated carbocycles. The zero-order valence-corrected chi connectivity index (χ0v) is 5.14. The summed E-state index contributed by atoms with van der Waals surface area (Å²) in [4.78, 5) is 0. The molecule has 0 aliphatic carbocycles. The molecule has 0 aromatic heterocycles. The predicted molar refractivity (Wildman–Crippen MR) is 34.9 cm³/mol. The summed E-state index contributed by atoms with van der Waals surface area (Å²) in [6.45, 7) is 2.02. The lowest BCUT2D eigenvalue weighted by Gasteiger charge is -2.00. The summed E-state index contributed by atoms with van der Waals surface area (Å²) < 4.78 is 0. The summed E-state index contributed by atoms with van der Waals surface area (Å²) in [5, 5.41) is 4.24. The van der Waals surface area contributed by atoms with Crippen molar-refractivity contribution in [1.29, 1.82) is 0 Å². The average Bonchev–Trinajstić information content (AvgIpc) is 1.62. The molecule has 8 heavy (non-hydrogen) atoms. The summed E-state index contributed by atoms with van der Waals surface area (Å²) in [5.74, 6) is 0. The minimum absolute atomic E-state index is 0.944. The Morgan fingerprint density at radius 1 is 1.12 bits per heavy atom. The van der Waals surface area contributed by atoms with Gasteiger partial charge in [0, 0.05) is 13.1 Å². The molecule has 0 atom stereocenters. The van der Waals surface area contributed by atoms with Crippen LogP contribution in [0.15, 0.2) is 12.2 Å². The fraction of sp³-hybridized carbons (Fsp3) is 0.714. The van der Waals surface area contributed by atoms with Gasteiger partial charge in [0.25, 0.3) is 0 Å². The van der Waals surface area contributed by atoms with Gasteiger partial charge in [0.15, 0.2) is 0 Å². The molecular weight excluding hydrogens is 98.1 g/mol. The summed E-state index contributed by atoms with van der Waals surface area (Å²) in [5.41, 5.74) is 0. The first-order valence-electron chi connectivity index (χ1n) is 3.28. The lowest BCUT2D eigenvalue weighted by molar-refractivity contribution is 0.637. The van der Waals surface area contributed by atoms with Gasteiger partial charge in [0.2, 0.25) is 0 Å². The Balaban J connectivity index is 2.17. The molecule has 0 amide bonds. The summed E-state index contributed by atoms with van der Waals surface area (Å²) in [7, 11) is 0. The van der Waals surface area contributed by atoms with E-state index in [1.54, 1.807) is 0 Å². The van der Waals surface area contributed by atoms with Gasteiger partial charge in [-0.3, -0.25) is 0 Å². The first-order chi connectivity index (χ1) is 4.00. The second-order valence-corrected chi connectivity index (χ2v) is 2.10. The third-order valence-corrected chi connectivity index (χ3v) is 1.34. The molecule has 45 valence electrons. The number of rotatable bonds is 0. The van der Waals surface area contributed by atoms with Crippen molar-refractivity contribution < 1.29 is 0 Å². The molecule has 0 N–H and O–H groups in total. The Morgan fingerprint density at radius 2 is 2.12 bits per heavy atom. The zero-order chi connectivity index (χ0) is 5.66. The number of allylic oxidation sites excluding steroid dienone is 1. The molecule has 0 fully saturated rings. The van der Waals surface area contributed by atoms with Crippen LogP contribution < -0.4 is 5.32 Å². The molecule has 0 saturated heterocycles. The zero-order valence-electron chi connectivity index (χ0n) is 5.14. The highest BCUT2D eigenvalue weighted by atomic mass is 14.8. The highest BCUT2D eigenvalue weighted by molar-refractivity contribution is 4.84. The first-order valence-corrected chi connectivity index (χ1v) is 3.28. The van der Waals surface area contributed by atoms with Crippen LogP contribution >= 0.6 is 0 Å². The second kappa shape index (κ2) is 3.67. The van der Waals surface area contributed by atoms with Gasteiger partial charge in [-0.25, -0.2) is 5.32 Å². The molecule has 1 heteroatoms. The maximum atomic E-state index is 4.24. The predicted octanol–water partition coefficient (Wildman–Crippen LogP) is 1.33. The summed E-state index contributed by atoms with van der Waals surface area (Å²) >= 11 is 0. The van der Waals surface area contributed by atoms with Crippen LogP contribution in [0.2, 0.25) is 0 Å². The molecule has 1 nitrogen and oxygen atoms in total. The van der Waals surface area contributed by atoms with E-state index in [9.17, 15) is 0 Å². The van der Waals surface area contributed by atoms with Crippen molar-refractivity contribution in [2.24, 2.45) is 0 Å². The Labute approximate surface area is 50.8 Å². The highest BCUT2D eigenvalue weighted by Crippen LogP contribution is 1.97. The van der Waals surface area contributed by atoms with E-state index >= 15 is 0 Å². The van der Waals surface area contributed by atoms with Crippen molar-refractivity contribution in [2.45, 2.75) is 19.3 Å². The van der Waals surface area contributed by atoms with Crippen LogP contribution in [-0.2, 0) is 0 Å². The van der Waals surface area contributed by atoms with Crippen molar-refractivity contribution in [2.75, 3.05) is 13.1 Å². The van der Waals surface area contributed by atoms with Gasteiger partial charge in [-0.15, -0.1) is 0 Å². The fourth-order valence-electron chi connectivity index (χ4n) is 0.844. The Kier molecular flexibility index (Phi) is 2.68. The standard InChI is InChI=1S/C7H12N/c1-2-4-6-8-7-5-3-1/h2,4H,1,3,5-7H2/b4-2-. The Hall–Kier alpha value is -0.300. The largest absolute Gasteiger partial charge is 0.238 e. The van der Waals surface area contributed by atoms with Crippen molar-refractivity contribution in [3.8, 4) is 0 Å². The SMILES string of the molecule is C1=C\C[N]CCCC/1. The number of hydrogen-bond acceptors (Lipinski definition) is 0. The summed E-state index contributed by atoms with van der Waals surface area (Å²) in [6, 6.07) is 0. The van der Waals surface area contributed by atoms with Crippen LogP contribution in [0.4, 0.5) is 0 Å². The molecule has 0 aromatic carbocycles. The molecule has 1 radical (unpaired) electrons. The van der Waals surface area contributed by atoms with E-state index < -0.39 is 0 Å². The minimum Gasteiger partial charge on any atom is -0.238 e. The van der Waals surface area contributed by atoms with Gasteiger partial charge >= 0.3 is 0 Å². The van der Waals surface area contributed by atoms with Crippen LogP contribution in [0.3, 0.4) is 0 Å². The molecule has 1 aliphatic heterocycles. The van der Waals surface area contributed by atoms with Gasteiger partial charge in [-0.05, 0) is 19.3 Å². The van der Waals surface area contributed by atoms with E-state index in [2.05, 4.69) is 17.5 Å². The Morgan fingerprint density at radius 3 is 3.12 bits per heavy atom. The monoisotopic (exact) mass is 110 g/mol. The third kappa shape index (κ3) is 2.12. The van der Waals surface area contributed by atoms with Crippen LogP contribution in [0.1, 0.15) is 19.3 Å². The van der Waals surface area contributed by atoms with E-state index in [-0.39, 0.29) is 0 Å². The number of nitrogens with zero attached hydrogens (tertiary/aromatic N) is 1. The molecular formula is C7H12N. The average molecular weight is 110 g/mol. The van der Waals surface area contributed by atoms with Crippen LogP contribution in [0, 0.1) is 0 Å². The van der Waals surface area contributed by atoms with Gasteiger partial charge in [-0.1, -0.05) is 12.2 Å². The van der Waals surface area contributed by atoms with Gasteiger partial charge < -0.3 is 0 Å². The van der Waals surface area contributed by atoms with E-state index in [4.69, 9.17) is 0 Å². The molecule has 0 unspecified atom stereocenters. The van der Waals surface area contributed by atoms with Crippen molar-refractivity contribution in [3.05, 3.63) is 12.2 Å². The molecule has 0 bridgehead atoms. The van der Waals surface area contributed by atoms with E-state index in [1.165, 1.54) is 19.3 Å². The normalized spacial score (nSPS) is 26.0. The van der Waals surface area contributed by atoms with Gasteiger partial charge in [0.1, 0.15) is 0 Å². The van der Waals surface area contributed by atoms with Crippen LogP contribution in [0.5, 0.6) is 0 Å². The quantitative estimate of drug-likeness (QED) is 0.418. The van der Waals surface area contributed by atoms with Gasteiger partial charge in [-0.2, -0.15) is 0 Å². The van der Waals surface area contributed by atoms with E-state index in [0.717, 1.165) is 13.1 Å². The maximum Gasteiger partial charge on any atom is 0.0314 e. The van der Waals surface area contributed by atoms with E-state index in [1.807, 2.05) is 0 Å². The third-order valence-electron chi connectivity index (χ3n) is 1.34. The van der Waals surface area contributed by atoms with E-state index in [0.29, 0.717) is 0 Å². The lowest BCUT2D eigenvalue weighted by Crippen LogP contribution is -2.07. The molecule has 1 heterocycles. The van der Waals surface area contributed by atoms with Gasteiger partial charge in [0.05, 0.1) is 0 Å². The number of hydrogen-bond donors (Lipinski definition) is 0. The highest BCUT2D eigenvalue weighted by Gasteiger charge is 1.89. The molecule has 0 aromatic rings. The van der Waals surface area contributed by atoms with Crippen molar-refractivity contribution in [3.63, 3.8) is 0 Å². The minimum atomic E-state index is 0.944. The Bertz CT molecular complexity index is 66.5. The first kappa shape index (κ1) is 5.83. The smallest absolute Gasteiger partial charge is 0.0314 e.